The minimum absolute atomic E-state index is 0.0556. The fraction of sp³-hybridized carbons (Fsp3) is 0.417. The van der Waals surface area contributed by atoms with Crippen LogP contribution < -0.4 is 4.90 Å². The predicted octanol–water partition coefficient (Wildman–Crippen LogP) is 2.59. The van der Waals surface area contributed by atoms with Crippen LogP contribution in [0, 0.1) is 0 Å². The highest BCUT2D eigenvalue weighted by Gasteiger charge is 2.20. The summed E-state index contributed by atoms with van der Waals surface area (Å²) in [6.07, 6.45) is 2.00. The fourth-order valence-corrected chi connectivity index (χ4v) is 1.66. The van der Waals surface area contributed by atoms with Crippen molar-refractivity contribution in [3.63, 3.8) is 0 Å². The summed E-state index contributed by atoms with van der Waals surface area (Å²) >= 11 is 0. The third-order valence-corrected chi connectivity index (χ3v) is 2.40. The summed E-state index contributed by atoms with van der Waals surface area (Å²) in [6.45, 7) is 4.06. The zero-order valence-corrected chi connectivity index (χ0v) is 9.34. The van der Waals surface area contributed by atoms with Gasteiger partial charge in [0, 0.05) is 7.05 Å². The highest BCUT2D eigenvalue weighted by molar-refractivity contribution is 5.82. The lowest BCUT2D eigenvalue weighted by atomic mass is 10.2. The van der Waals surface area contributed by atoms with Crippen molar-refractivity contribution in [1.29, 1.82) is 0 Å². The Morgan fingerprint density at radius 2 is 2.07 bits per heavy atom. The summed E-state index contributed by atoms with van der Waals surface area (Å²) in [5.74, 6) is 0. The lowest BCUT2D eigenvalue weighted by Crippen LogP contribution is -2.38. The molecule has 0 saturated heterocycles. The van der Waals surface area contributed by atoms with E-state index in [1.165, 1.54) is 0 Å². The number of rotatable bonds is 2. The van der Waals surface area contributed by atoms with Crippen LogP contribution >= 0.6 is 0 Å². The van der Waals surface area contributed by atoms with E-state index in [1.54, 1.807) is 0 Å². The van der Waals surface area contributed by atoms with Crippen LogP contribution in [0.15, 0.2) is 29.3 Å². The first-order chi connectivity index (χ1) is 7.18. The van der Waals surface area contributed by atoms with Crippen molar-refractivity contribution in [2.24, 2.45) is 4.99 Å². The SMILES string of the molecule is CC(C)OC1C=Nc2ccccc2N1C. The predicted molar refractivity (Wildman–Crippen MR) is 63.0 cm³/mol. The number of hydrogen-bond donors (Lipinski definition) is 0. The van der Waals surface area contributed by atoms with E-state index in [9.17, 15) is 0 Å². The van der Waals surface area contributed by atoms with Gasteiger partial charge in [-0.15, -0.1) is 0 Å². The summed E-state index contributed by atoms with van der Waals surface area (Å²) in [6, 6.07) is 8.08. The van der Waals surface area contributed by atoms with Crippen LogP contribution in [0.5, 0.6) is 0 Å². The molecule has 0 spiro atoms. The first-order valence-corrected chi connectivity index (χ1v) is 5.20. The summed E-state index contributed by atoms with van der Waals surface area (Å²) < 4.78 is 5.74. The lowest BCUT2D eigenvalue weighted by Gasteiger charge is -2.32. The molecular weight excluding hydrogens is 188 g/mol. The smallest absolute Gasteiger partial charge is 0.166 e. The van der Waals surface area contributed by atoms with Gasteiger partial charge in [0.1, 0.15) is 0 Å². The van der Waals surface area contributed by atoms with E-state index >= 15 is 0 Å². The Kier molecular flexibility index (Phi) is 2.73. The van der Waals surface area contributed by atoms with Gasteiger partial charge in [-0.2, -0.15) is 0 Å². The molecule has 3 nitrogen and oxygen atoms in total. The minimum atomic E-state index is -0.0556. The Morgan fingerprint density at radius 3 is 2.80 bits per heavy atom. The second-order valence-electron chi connectivity index (χ2n) is 3.95. The van der Waals surface area contributed by atoms with Crippen molar-refractivity contribution in [3.05, 3.63) is 24.3 Å². The van der Waals surface area contributed by atoms with E-state index in [2.05, 4.69) is 16.0 Å². The number of nitrogens with zero attached hydrogens (tertiary/aromatic N) is 2. The Morgan fingerprint density at radius 1 is 1.33 bits per heavy atom. The molecule has 1 aliphatic heterocycles. The van der Waals surface area contributed by atoms with E-state index < -0.39 is 0 Å². The van der Waals surface area contributed by atoms with Crippen LogP contribution in [0.25, 0.3) is 0 Å². The number of anilines is 1. The molecule has 80 valence electrons. The van der Waals surface area contributed by atoms with Crippen LogP contribution in [-0.4, -0.2) is 25.6 Å². The average molecular weight is 204 g/mol. The van der Waals surface area contributed by atoms with Gasteiger partial charge in [-0.25, -0.2) is 0 Å². The third kappa shape index (κ3) is 2.02. The van der Waals surface area contributed by atoms with E-state index in [-0.39, 0.29) is 12.3 Å². The van der Waals surface area contributed by atoms with E-state index in [1.807, 2.05) is 45.3 Å². The maximum absolute atomic E-state index is 5.74. The van der Waals surface area contributed by atoms with Crippen molar-refractivity contribution in [1.82, 2.24) is 0 Å². The van der Waals surface area contributed by atoms with Crippen molar-refractivity contribution in [2.75, 3.05) is 11.9 Å². The molecule has 1 unspecified atom stereocenters. The highest BCUT2D eigenvalue weighted by atomic mass is 16.5. The molecule has 0 aromatic heterocycles. The molecule has 1 atom stereocenters. The standard InChI is InChI=1S/C12H16N2O/c1-9(2)15-12-8-13-10-6-4-5-7-11(10)14(12)3/h4-9,12H,1-3H3. The van der Waals surface area contributed by atoms with Crippen LogP contribution in [0.1, 0.15) is 13.8 Å². The highest BCUT2D eigenvalue weighted by Crippen LogP contribution is 2.31. The minimum Gasteiger partial charge on any atom is -0.350 e. The first kappa shape index (κ1) is 10.2. The van der Waals surface area contributed by atoms with E-state index in [0.29, 0.717) is 0 Å². The monoisotopic (exact) mass is 204 g/mol. The number of benzene rings is 1. The van der Waals surface area contributed by atoms with Gasteiger partial charge >= 0.3 is 0 Å². The molecule has 0 amide bonds. The third-order valence-electron chi connectivity index (χ3n) is 2.40. The Hall–Kier alpha value is -1.35. The quantitative estimate of drug-likeness (QED) is 0.739. The lowest BCUT2D eigenvalue weighted by molar-refractivity contribution is 0.0494. The summed E-state index contributed by atoms with van der Waals surface area (Å²) in [5, 5.41) is 0. The van der Waals surface area contributed by atoms with Crippen molar-refractivity contribution < 1.29 is 4.74 Å². The largest absolute Gasteiger partial charge is 0.350 e. The number of aliphatic imine (C=N–C) groups is 1. The number of fused-ring (bicyclic) bond motifs is 1. The molecule has 0 bridgehead atoms. The van der Waals surface area contributed by atoms with Gasteiger partial charge in [-0.05, 0) is 26.0 Å². The molecule has 1 aromatic rings. The fourth-order valence-electron chi connectivity index (χ4n) is 1.66. The number of ether oxygens (including phenoxy) is 1. The van der Waals surface area contributed by atoms with Gasteiger partial charge in [-0.3, -0.25) is 4.99 Å². The molecule has 1 heterocycles. The molecule has 0 fully saturated rings. The van der Waals surface area contributed by atoms with Crippen LogP contribution in [0.2, 0.25) is 0 Å². The molecule has 15 heavy (non-hydrogen) atoms. The molecule has 0 aliphatic carbocycles. The van der Waals surface area contributed by atoms with Gasteiger partial charge in [-0.1, -0.05) is 12.1 Å². The maximum Gasteiger partial charge on any atom is 0.166 e. The Bertz CT molecular complexity index is 374. The van der Waals surface area contributed by atoms with Crippen molar-refractivity contribution in [2.45, 2.75) is 26.2 Å². The molecule has 0 radical (unpaired) electrons. The van der Waals surface area contributed by atoms with Crippen LogP contribution in [0.3, 0.4) is 0 Å². The first-order valence-electron chi connectivity index (χ1n) is 5.20. The van der Waals surface area contributed by atoms with Gasteiger partial charge < -0.3 is 9.64 Å². The topological polar surface area (TPSA) is 24.8 Å². The molecule has 1 aliphatic rings. The van der Waals surface area contributed by atoms with Crippen LogP contribution in [0.4, 0.5) is 11.4 Å². The number of para-hydroxylation sites is 2. The molecule has 0 N–H and O–H groups in total. The number of hydrogen-bond acceptors (Lipinski definition) is 3. The molecule has 3 heteroatoms. The summed E-state index contributed by atoms with van der Waals surface area (Å²) in [7, 11) is 2.02. The zero-order chi connectivity index (χ0) is 10.8. The average Bonchev–Trinajstić information content (AvgIpc) is 2.22. The maximum atomic E-state index is 5.74. The Balaban J connectivity index is 2.25. The second kappa shape index (κ2) is 4.03. The van der Waals surface area contributed by atoms with E-state index in [0.717, 1.165) is 11.4 Å². The van der Waals surface area contributed by atoms with E-state index in [4.69, 9.17) is 4.74 Å². The van der Waals surface area contributed by atoms with Gasteiger partial charge in [0.2, 0.25) is 0 Å². The van der Waals surface area contributed by atoms with Gasteiger partial charge in [0.15, 0.2) is 6.23 Å². The van der Waals surface area contributed by atoms with Crippen LogP contribution in [-0.2, 0) is 4.74 Å². The molecule has 1 aromatic carbocycles. The van der Waals surface area contributed by atoms with Crippen molar-refractivity contribution >= 4 is 17.6 Å². The molecular formula is C12H16N2O. The summed E-state index contributed by atoms with van der Waals surface area (Å²) in [4.78, 5) is 6.49. The molecule has 2 rings (SSSR count). The molecule has 0 saturated carbocycles. The van der Waals surface area contributed by atoms with Gasteiger partial charge in [0.25, 0.3) is 0 Å². The Labute approximate surface area is 90.4 Å². The summed E-state index contributed by atoms with van der Waals surface area (Å²) in [5.41, 5.74) is 2.12. The second-order valence-corrected chi connectivity index (χ2v) is 3.95. The normalized spacial score (nSPS) is 19.5. The van der Waals surface area contributed by atoms with Crippen molar-refractivity contribution in [3.8, 4) is 0 Å². The zero-order valence-electron chi connectivity index (χ0n) is 9.34. The van der Waals surface area contributed by atoms with Gasteiger partial charge in [0.05, 0.1) is 23.7 Å².